The van der Waals surface area contributed by atoms with E-state index >= 15 is 0 Å². The van der Waals surface area contributed by atoms with Crippen molar-refractivity contribution in [2.24, 2.45) is 0 Å². The Labute approximate surface area is 97.6 Å². The highest BCUT2D eigenvalue weighted by atomic mass is 79.9. The Morgan fingerprint density at radius 1 is 1.50 bits per heavy atom. The average molecular weight is 297 g/mol. The van der Waals surface area contributed by atoms with Crippen molar-refractivity contribution >= 4 is 21.9 Å². The largest absolute Gasteiger partial charge is 0.491 e. The number of carboxylic acid groups (broad SMARTS) is 1. The Morgan fingerprint density at radius 2 is 2.06 bits per heavy atom. The lowest BCUT2D eigenvalue weighted by atomic mass is 10.1. The van der Waals surface area contributed by atoms with E-state index in [1.807, 2.05) is 0 Å². The number of methoxy groups -OCH3 is 1. The molecule has 0 saturated heterocycles. The van der Waals surface area contributed by atoms with Crippen molar-refractivity contribution in [2.75, 3.05) is 7.11 Å². The van der Waals surface area contributed by atoms with Crippen LogP contribution in [0, 0.1) is 11.6 Å². The fourth-order valence-electron chi connectivity index (χ4n) is 1.11. The van der Waals surface area contributed by atoms with E-state index in [0.29, 0.717) is 0 Å². The molecule has 0 heterocycles. The second kappa shape index (κ2) is 4.75. The molecule has 1 atom stereocenters. The van der Waals surface area contributed by atoms with Gasteiger partial charge in [-0.3, -0.25) is 0 Å². The lowest BCUT2D eigenvalue weighted by Gasteiger charge is -2.12. The van der Waals surface area contributed by atoms with Crippen molar-refractivity contribution in [1.82, 2.24) is 0 Å². The number of benzene rings is 1. The lowest BCUT2D eigenvalue weighted by molar-refractivity contribution is -0.147. The van der Waals surface area contributed by atoms with Crippen LogP contribution in [0.25, 0.3) is 0 Å². The molecule has 0 spiro atoms. The van der Waals surface area contributed by atoms with E-state index in [9.17, 15) is 18.7 Å². The zero-order valence-corrected chi connectivity index (χ0v) is 9.59. The molecule has 16 heavy (non-hydrogen) atoms. The Hall–Kier alpha value is -1.21. The predicted molar refractivity (Wildman–Crippen MR) is 53.2 cm³/mol. The number of rotatable bonds is 3. The highest BCUT2D eigenvalue weighted by molar-refractivity contribution is 9.10. The molecule has 0 bridgehead atoms. The van der Waals surface area contributed by atoms with Gasteiger partial charge in [-0.05, 0) is 22.0 Å². The first-order valence-electron chi connectivity index (χ1n) is 4.02. The first kappa shape index (κ1) is 12.9. The van der Waals surface area contributed by atoms with Gasteiger partial charge in [-0.2, -0.15) is 0 Å². The van der Waals surface area contributed by atoms with Crippen molar-refractivity contribution in [2.45, 2.75) is 6.10 Å². The monoisotopic (exact) mass is 296 g/mol. The van der Waals surface area contributed by atoms with Gasteiger partial charge in [0.15, 0.2) is 23.5 Å². The van der Waals surface area contributed by atoms with Crippen LogP contribution in [0.2, 0.25) is 0 Å². The zero-order chi connectivity index (χ0) is 12.5. The fourth-order valence-corrected chi connectivity index (χ4v) is 1.54. The quantitative estimate of drug-likeness (QED) is 0.836. The normalized spacial score (nSPS) is 12.3. The second-order valence-corrected chi connectivity index (χ2v) is 3.70. The van der Waals surface area contributed by atoms with Gasteiger partial charge in [0.1, 0.15) is 0 Å². The van der Waals surface area contributed by atoms with E-state index in [0.717, 1.165) is 13.2 Å². The number of carboxylic acids is 1. The topological polar surface area (TPSA) is 66.8 Å². The van der Waals surface area contributed by atoms with Crippen molar-refractivity contribution in [3.05, 3.63) is 27.7 Å². The summed E-state index contributed by atoms with van der Waals surface area (Å²) in [5, 5.41) is 17.7. The van der Waals surface area contributed by atoms with E-state index in [1.165, 1.54) is 0 Å². The van der Waals surface area contributed by atoms with E-state index in [1.54, 1.807) is 0 Å². The summed E-state index contributed by atoms with van der Waals surface area (Å²) in [6, 6.07) is 0.853. The number of halogens is 3. The molecule has 0 aliphatic heterocycles. The predicted octanol–water partition coefficient (Wildman–Crippen LogP) is 1.85. The molecular formula is C9H7BrF2O4. The van der Waals surface area contributed by atoms with Gasteiger partial charge in [0.25, 0.3) is 0 Å². The number of carbonyl (C=O) groups is 1. The summed E-state index contributed by atoms with van der Waals surface area (Å²) in [4.78, 5) is 10.5. The van der Waals surface area contributed by atoms with Gasteiger partial charge in [-0.25, -0.2) is 13.6 Å². The molecule has 0 aliphatic carbocycles. The molecule has 1 rings (SSSR count). The van der Waals surface area contributed by atoms with Crippen molar-refractivity contribution in [3.8, 4) is 5.75 Å². The molecule has 0 saturated carbocycles. The number of aliphatic hydroxyl groups is 1. The summed E-state index contributed by atoms with van der Waals surface area (Å²) in [5.41, 5.74) is -0.572. The van der Waals surface area contributed by atoms with E-state index in [-0.39, 0.29) is 4.47 Å². The number of aliphatic carboxylic acids is 1. The summed E-state index contributed by atoms with van der Waals surface area (Å²) >= 11 is 2.76. The van der Waals surface area contributed by atoms with Crippen LogP contribution in [0.5, 0.6) is 5.75 Å². The third-order valence-electron chi connectivity index (χ3n) is 1.88. The molecule has 1 aromatic carbocycles. The van der Waals surface area contributed by atoms with Gasteiger partial charge in [0.05, 0.1) is 11.6 Å². The van der Waals surface area contributed by atoms with Crippen LogP contribution in [0.15, 0.2) is 10.5 Å². The lowest BCUT2D eigenvalue weighted by Crippen LogP contribution is -2.13. The second-order valence-electron chi connectivity index (χ2n) is 2.85. The molecule has 0 radical (unpaired) electrons. The van der Waals surface area contributed by atoms with Crippen molar-refractivity contribution < 1.29 is 28.5 Å². The van der Waals surface area contributed by atoms with Gasteiger partial charge in [-0.15, -0.1) is 0 Å². The van der Waals surface area contributed by atoms with E-state index < -0.39 is 35.0 Å². The standard InChI is InChI=1S/C9H7BrF2O4/c1-16-8-5(11)3(7(13)9(14)15)2-4(10)6(8)12/h2,7,13H,1H3,(H,14,15). The zero-order valence-electron chi connectivity index (χ0n) is 8.00. The third kappa shape index (κ3) is 2.14. The van der Waals surface area contributed by atoms with E-state index in [2.05, 4.69) is 20.7 Å². The smallest absolute Gasteiger partial charge is 0.337 e. The highest BCUT2D eigenvalue weighted by Crippen LogP contribution is 2.33. The highest BCUT2D eigenvalue weighted by Gasteiger charge is 2.26. The number of ether oxygens (including phenoxy) is 1. The van der Waals surface area contributed by atoms with Crippen LogP contribution in [-0.4, -0.2) is 23.3 Å². The number of hydrogen-bond donors (Lipinski definition) is 2. The Kier molecular flexibility index (Phi) is 3.82. The Bertz CT molecular complexity index is 436. The molecule has 0 aliphatic rings. The molecule has 2 N–H and O–H groups in total. The third-order valence-corrected chi connectivity index (χ3v) is 2.45. The molecule has 88 valence electrons. The summed E-state index contributed by atoms with van der Waals surface area (Å²) < 4.78 is 31.0. The van der Waals surface area contributed by atoms with Gasteiger partial charge in [-0.1, -0.05) is 0 Å². The summed E-state index contributed by atoms with van der Waals surface area (Å²) in [7, 11) is 1.03. The summed E-state index contributed by atoms with van der Waals surface area (Å²) in [6.07, 6.45) is -2.08. The first-order chi connectivity index (χ1) is 7.40. The van der Waals surface area contributed by atoms with Crippen LogP contribution >= 0.6 is 15.9 Å². The van der Waals surface area contributed by atoms with Gasteiger partial charge in [0, 0.05) is 5.56 Å². The average Bonchev–Trinajstić information content (AvgIpc) is 2.23. The first-order valence-corrected chi connectivity index (χ1v) is 4.81. The van der Waals surface area contributed by atoms with Gasteiger partial charge in [0.2, 0.25) is 0 Å². The van der Waals surface area contributed by atoms with Crippen LogP contribution < -0.4 is 4.74 Å². The molecular weight excluding hydrogens is 290 g/mol. The minimum Gasteiger partial charge on any atom is -0.491 e. The van der Waals surface area contributed by atoms with Crippen molar-refractivity contribution in [1.29, 1.82) is 0 Å². The molecule has 7 heteroatoms. The number of aliphatic hydroxyl groups excluding tert-OH is 1. The fraction of sp³-hybridized carbons (Fsp3) is 0.222. The van der Waals surface area contributed by atoms with Gasteiger partial charge < -0.3 is 14.9 Å². The number of hydrogen-bond acceptors (Lipinski definition) is 3. The summed E-state index contributed by atoms with van der Waals surface area (Å²) in [6.45, 7) is 0. The maximum Gasteiger partial charge on any atom is 0.337 e. The Balaban J connectivity index is 3.42. The maximum absolute atomic E-state index is 13.5. The summed E-state index contributed by atoms with van der Waals surface area (Å²) in [5.74, 6) is -4.62. The van der Waals surface area contributed by atoms with Gasteiger partial charge >= 0.3 is 5.97 Å². The minimum absolute atomic E-state index is 0.193. The van der Waals surface area contributed by atoms with Crippen LogP contribution in [0.3, 0.4) is 0 Å². The van der Waals surface area contributed by atoms with E-state index in [4.69, 9.17) is 5.11 Å². The maximum atomic E-state index is 13.5. The molecule has 0 amide bonds. The molecule has 1 aromatic rings. The SMILES string of the molecule is COc1c(F)c(Br)cc(C(O)C(=O)O)c1F. The van der Waals surface area contributed by atoms with Crippen molar-refractivity contribution in [3.63, 3.8) is 0 Å². The van der Waals surface area contributed by atoms with Crippen LogP contribution in [0.1, 0.15) is 11.7 Å². The van der Waals surface area contributed by atoms with Crippen LogP contribution in [-0.2, 0) is 4.79 Å². The molecule has 1 unspecified atom stereocenters. The van der Waals surface area contributed by atoms with Crippen LogP contribution in [0.4, 0.5) is 8.78 Å². The minimum atomic E-state index is -2.08. The molecule has 4 nitrogen and oxygen atoms in total. The Morgan fingerprint density at radius 3 is 2.50 bits per heavy atom. The molecule has 0 fully saturated rings. The molecule has 0 aromatic heterocycles.